The molecule has 1 aromatic heterocycles. The van der Waals surface area contributed by atoms with E-state index in [0.717, 1.165) is 32.1 Å². The van der Waals surface area contributed by atoms with Crippen molar-refractivity contribution in [3.63, 3.8) is 0 Å². The molecule has 0 saturated heterocycles. The van der Waals surface area contributed by atoms with Crippen molar-refractivity contribution in [2.45, 2.75) is 50.3 Å². The monoisotopic (exact) mass is 454 g/mol. The lowest BCUT2D eigenvalue weighted by Gasteiger charge is -2.09. The lowest BCUT2D eigenvalue weighted by atomic mass is 10.1. The Hall–Kier alpha value is -3.00. The van der Waals surface area contributed by atoms with Crippen LogP contribution >= 0.6 is 0 Å². The van der Waals surface area contributed by atoms with Crippen LogP contribution in [-0.4, -0.2) is 36.6 Å². The Bertz CT molecular complexity index is 1360. The third-order valence-corrected chi connectivity index (χ3v) is 7.66. The fourth-order valence-corrected chi connectivity index (χ4v) is 5.51. The SMILES string of the molecule is CCCCCCCCS(=O)(=O)c1ccc2c(c1)C(=O)c1nc3c(OC)cccc3c(=O)n1-2. The van der Waals surface area contributed by atoms with E-state index in [4.69, 9.17) is 4.74 Å². The molecule has 0 atom stereocenters. The Balaban J connectivity index is 1.67. The predicted octanol–water partition coefficient (Wildman–Crippen LogP) is 4.07. The average molecular weight is 455 g/mol. The largest absolute Gasteiger partial charge is 0.494 e. The molecule has 3 aromatic rings. The van der Waals surface area contributed by atoms with Gasteiger partial charge in [0.1, 0.15) is 11.3 Å². The molecule has 7 nitrogen and oxygen atoms in total. The molecule has 0 aliphatic carbocycles. The number of benzene rings is 2. The van der Waals surface area contributed by atoms with Crippen LogP contribution in [0.15, 0.2) is 46.1 Å². The third-order valence-electron chi connectivity index (χ3n) is 5.86. The quantitative estimate of drug-likeness (QED) is 0.354. The van der Waals surface area contributed by atoms with Crippen molar-refractivity contribution < 1.29 is 17.9 Å². The second-order valence-electron chi connectivity index (χ2n) is 8.03. The number of carbonyl (C=O) groups is 1. The van der Waals surface area contributed by atoms with E-state index in [2.05, 4.69) is 11.9 Å². The first-order valence-corrected chi connectivity index (χ1v) is 12.6. The number of sulfone groups is 1. The molecular weight excluding hydrogens is 428 g/mol. The highest BCUT2D eigenvalue weighted by atomic mass is 32.2. The smallest absolute Gasteiger partial charge is 0.266 e. The molecule has 0 spiro atoms. The van der Waals surface area contributed by atoms with Crippen LogP contribution in [0.2, 0.25) is 0 Å². The molecule has 4 rings (SSSR count). The van der Waals surface area contributed by atoms with Gasteiger partial charge in [0.25, 0.3) is 5.56 Å². The summed E-state index contributed by atoms with van der Waals surface area (Å²) in [5.41, 5.74) is 0.445. The van der Waals surface area contributed by atoms with Crippen LogP contribution in [0.3, 0.4) is 0 Å². The molecule has 0 amide bonds. The Labute approximate surface area is 187 Å². The maximum absolute atomic E-state index is 13.1. The van der Waals surface area contributed by atoms with Gasteiger partial charge in [-0.05, 0) is 36.8 Å². The number of rotatable bonds is 9. The van der Waals surface area contributed by atoms with Crippen molar-refractivity contribution in [1.82, 2.24) is 9.55 Å². The van der Waals surface area contributed by atoms with E-state index in [-0.39, 0.29) is 22.0 Å². The number of para-hydroxylation sites is 1. The summed E-state index contributed by atoms with van der Waals surface area (Å²) >= 11 is 0. The summed E-state index contributed by atoms with van der Waals surface area (Å²) in [6, 6.07) is 9.35. The molecule has 0 fully saturated rings. The highest BCUT2D eigenvalue weighted by Crippen LogP contribution is 2.31. The van der Waals surface area contributed by atoms with Gasteiger partial charge < -0.3 is 4.74 Å². The summed E-state index contributed by atoms with van der Waals surface area (Å²) in [7, 11) is -2.05. The van der Waals surface area contributed by atoms with E-state index in [1.807, 2.05) is 0 Å². The molecule has 2 heterocycles. The van der Waals surface area contributed by atoms with Gasteiger partial charge in [0.2, 0.25) is 5.78 Å². The first-order valence-electron chi connectivity index (χ1n) is 10.9. The number of fused-ring (bicyclic) bond motifs is 4. The summed E-state index contributed by atoms with van der Waals surface area (Å²) in [6.07, 6.45) is 5.89. The Morgan fingerprint density at radius 2 is 1.75 bits per heavy atom. The predicted molar refractivity (Wildman–Crippen MR) is 123 cm³/mol. The number of unbranched alkanes of at least 4 members (excludes halogenated alkanes) is 5. The minimum atomic E-state index is -3.52. The van der Waals surface area contributed by atoms with Gasteiger partial charge in [-0.1, -0.05) is 45.1 Å². The first kappa shape index (κ1) is 22.2. The lowest BCUT2D eigenvalue weighted by Crippen LogP contribution is -2.21. The number of hydrogen-bond acceptors (Lipinski definition) is 6. The summed E-state index contributed by atoms with van der Waals surface area (Å²) in [5, 5.41) is 0.327. The van der Waals surface area contributed by atoms with Gasteiger partial charge in [-0.3, -0.25) is 14.2 Å². The Morgan fingerprint density at radius 1 is 1.00 bits per heavy atom. The average Bonchev–Trinajstić information content (AvgIpc) is 3.07. The van der Waals surface area contributed by atoms with Gasteiger partial charge in [0.05, 0.1) is 34.4 Å². The highest BCUT2D eigenvalue weighted by molar-refractivity contribution is 7.91. The third kappa shape index (κ3) is 3.83. The second kappa shape index (κ2) is 8.86. The Morgan fingerprint density at radius 3 is 2.50 bits per heavy atom. The number of methoxy groups -OCH3 is 1. The van der Waals surface area contributed by atoms with E-state index in [1.165, 1.54) is 29.9 Å². The summed E-state index contributed by atoms with van der Waals surface area (Å²) in [6.45, 7) is 2.14. The molecular formula is C24H26N2O5S. The summed E-state index contributed by atoms with van der Waals surface area (Å²) in [4.78, 5) is 30.7. The number of ether oxygens (including phenoxy) is 1. The molecule has 2 aromatic carbocycles. The maximum atomic E-state index is 13.1. The molecule has 32 heavy (non-hydrogen) atoms. The normalized spacial score (nSPS) is 12.8. The number of nitrogens with zero attached hydrogens (tertiary/aromatic N) is 2. The molecule has 0 N–H and O–H groups in total. The molecule has 0 radical (unpaired) electrons. The summed E-state index contributed by atoms with van der Waals surface area (Å²) < 4.78 is 32.2. The standard InChI is InChI=1S/C24H26N2O5S/c1-3-4-5-6-7-8-14-32(29,30)16-12-13-19-18(15-16)22(27)23-25-21-17(24(28)26(19)23)10-9-11-20(21)31-2/h9-13,15H,3-8,14H2,1-2H3. The minimum absolute atomic E-state index is 0.0347. The Kier molecular flexibility index (Phi) is 6.15. The first-order chi connectivity index (χ1) is 15.4. The summed E-state index contributed by atoms with van der Waals surface area (Å²) in [5.74, 6) is -0.0684. The molecule has 0 saturated carbocycles. The lowest BCUT2D eigenvalue weighted by molar-refractivity contribution is 0.103. The molecule has 1 aliphatic heterocycles. The maximum Gasteiger partial charge on any atom is 0.266 e. The molecule has 0 unspecified atom stereocenters. The molecule has 8 heteroatoms. The van der Waals surface area contributed by atoms with E-state index in [0.29, 0.717) is 28.8 Å². The topological polar surface area (TPSA) is 95.3 Å². The van der Waals surface area contributed by atoms with Gasteiger partial charge in [-0.15, -0.1) is 0 Å². The van der Waals surface area contributed by atoms with Crippen LogP contribution in [0.4, 0.5) is 0 Å². The number of hydrogen-bond donors (Lipinski definition) is 0. The van der Waals surface area contributed by atoms with E-state index >= 15 is 0 Å². The van der Waals surface area contributed by atoms with E-state index < -0.39 is 21.2 Å². The van der Waals surface area contributed by atoms with E-state index in [1.54, 1.807) is 18.2 Å². The zero-order valence-corrected chi connectivity index (χ0v) is 19.1. The fourth-order valence-electron chi connectivity index (χ4n) is 4.12. The van der Waals surface area contributed by atoms with Crippen LogP contribution < -0.4 is 10.3 Å². The zero-order chi connectivity index (χ0) is 22.9. The van der Waals surface area contributed by atoms with Crippen LogP contribution in [-0.2, 0) is 9.84 Å². The second-order valence-corrected chi connectivity index (χ2v) is 10.1. The highest BCUT2D eigenvalue weighted by Gasteiger charge is 2.32. The van der Waals surface area contributed by atoms with Crippen molar-refractivity contribution >= 4 is 26.5 Å². The molecule has 168 valence electrons. The fraction of sp³-hybridized carbons (Fsp3) is 0.375. The zero-order valence-electron chi connectivity index (χ0n) is 18.3. The van der Waals surface area contributed by atoms with Gasteiger partial charge >= 0.3 is 0 Å². The van der Waals surface area contributed by atoms with Crippen LogP contribution in [0.25, 0.3) is 16.6 Å². The number of aromatic nitrogens is 2. The van der Waals surface area contributed by atoms with Gasteiger partial charge in [-0.2, -0.15) is 0 Å². The van der Waals surface area contributed by atoms with Gasteiger partial charge in [0.15, 0.2) is 15.7 Å². The van der Waals surface area contributed by atoms with Crippen molar-refractivity contribution in [2.75, 3.05) is 12.9 Å². The number of ketones is 1. The van der Waals surface area contributed by atoms with Crippen LogP contribution in [0, 0.1) is 0 Å². The minimum Gasteiger partial charge on any atom is -0.494 e. The van der Waals surface area contributed by atoms with Crippen molar-refractivity contribution in [3.8, 4) is 11.4 Å². The van der Waals surface area contributed by atoms with Gasteiger partial charge in [0, 0.05) is 0 Å². The van der Waals surface area contributed by atoms with Crippen molar-refractivity contribution in [1.29, 1.82) is 0 Å². The van der Waals surface area contributed by atoms with E-state index in [9.17, 15) is 18.0 Å². The van der Waals surface area contributed by atoms with Crippen molar-refractivity contribution in [2.24, 2.45) is 0 Å². The van der Waals surface area contributed by atoms with Gasteiger partial charge in [-0.25, -0.2) is 13.4 Å². The molecule has 0 bridgehead atoms. The van der Waals surface area contributed by atoms with Crippen LogP contribution in [0.5, 0.6) is 5.75 Å². The number of carbonyl (C=O) groups excluding carboxylic acids is 1. The molecule has 1 aliphatic rings. The van der Waals surface area contributed by atoms with Crippen LogP contribution in [0.1, 0.15) is 61.6 Å². The van der Waals surface area contributed by atoms with Crippen molar-refractivity contribution in [3.05, 3.63) is 58.1 Å².